The summed E-state index contributed by atoms with van der Waals surface area (Å²) in [5, 5.41) is 2.74. The van der Waals surface area contributed by atoms with E-state index in [1.165, 1.54) is 0 Å². The van der Waals surface area contributed by atoms with Crippen molar-refractivity contribution in [2.45, 2.75) is 31.7 Å². The van der Waals surface area contributed by atoms with Gasteiger partial charge in [-0.15, -0.1) is 0 Å². The zero-order chi connectivity index (χ0) is 18.7. The van der Waals surface area contributed by atoms with Crippen LogP contribution in [0, 0.1) is 11.2 Å². The molecule has 2 rings (SSSR count). The standard InChI is InChI=1S/C14H18F4N2O4S/c1-2-13(5-7-23-8-6-13)9-19-12-10(15)3-4-11(20-12)24-25(21,22)14(16,17)18/h3-4H,2,5-9H2,1H3,(H,19,20). The average Bonchev–Trinajstić information content (AvgIpc) is 2.55. The molecule has 25 heavy (non-hydrogen) atoms. The van der Waals surface area contributed by atoms with Crippen LogP contribution in [0.4, 0.5) is 23.4 Å². The summed E-state index contributed by atoms with van der Waals surface area (Å²) >= 11 is 0. The molecule has 11 heteroatoms. The predicted molar refractivity (Wildman–Crippen MR) is 81.1 cm³/mol. The van der Waals surface area contributed by atoms with Gasteiger partial charge in [0.05, 0.1) is 0 Å². The molecule has 1 aliphatic rings. The van der Waals surface area contributed by atoms with E-state index in [0.29, 0.717) is 25.8 Å². The van der Waals surface area contributed by atoms with E-state index >= 15 is 0 Å². The van der Waals surface area contributed by atoms with Crippen LogP contribution in [0.5, 0.6) is 5.88 Å². The summed E-state index contributed by atoms with van der Waals surface area (Å²) in [4.78, 5) is 3.50. The highest BCUT2D eigenvalue weighted by Crippen LogP contribution is 2.34. The summed E-state index contributed by atoms with van der Waals surface area (Å²) in [5.41, 5.74) is -5.74. The Bertz CT molecular complexity index is 703. The molecule has 0 amide bonds. The van der Waals surface area contributed by atoms with Gasteiger partial charge in [0.2, 0.25) is 5.88 Å². The first-order valence-electron chi connectivity index (χ1n) is 7.57. The zero-order valence-corrected chi connectivity index (χ0v) is 14.2. The van der Waals surface area contributed by atoms with Crippen LogP contribution >= 0.6 is 0 Å². The lowest BCUT2D eigenvalue weighted by Crippen LogP contribution is -2.35. The number of pyridine rings is 1. The molecule has 0 aromatic carbocycles. The van der Waals surface area contributed by atoms with E-state index in [4.69, 9.17) is 4.74 Å². The SMILES string of the molecule is CCC1(CNc2nc(OS(=O)(=O)C(F)(F)F)ccc2F)CCOCC1. The van der Waals surface area contributed by atoms with Gasteiger partial charge in [-0.25, -0.2) is 4.39 Å². The molecule has 2 heterocycles. The van der Waals surface area contributed by atoms with Crippen molar-refractivity contribution < 1.29 is 34.9 Å². The fourth-order valence-electron chi connectivity index (χ4n) is 2.49. The van der Waals surface area contributed by atoms with Crippen LogP contribution in [-0.4, -0.2) is 38.7 Å². The highest BCUT2D eigenvalue weighted by atomic mass is 32.2. The first-order valence-corrected chi connectivity index (χ1v) is 8.98. The number of halogens is 4. The molecule has 142 valence electrons. The molecule has 1 saturated heterocycles. The molecule has 1 aromatic heterocycles. The van der Waals surface area contributed by atoms with Gasteiger partial charge < -0.3 is 14.2 Å². The van der Waals surface area contributed by atoms with Gasteiger partial charge in [0.25, 0.3) is 0 Å². The van der Waals surface area contributed by atoms with Gasteiger partial charge >= 0.3 is 15.6 Å². The molecule has 6 nitrogen and oxygen atoms in total. The van der Waals surface area contributed by atoms with Crippen LogP contribution in [0.2, 0.25) is 0 Å². The third-order valence-electron chi connectivity index (χ3n) is 4.23. The maximum atomic E-state index is 13.8. The number of hydrogen-bond donors (Lipinski definition) is 1. The fraction of sp³-hybridized carbons (Fsp3) is 0.643. The Morgan fingerprint density at radius 1 is 1.32 bits per heavy atom. The largest absolute Gasteiger partial charge is 0.534 e. The third-order valence-corrected chi connectivity index (χ3v) is 5.19. The molecule has 0 saturated carbocycles. The van der Waals surface area contributed by atoms with E-state index < -0.39 is 27.3 Å². The Hall–Kier alpha value is -1.62. The molecule has 0 aliphatic carbocycles. The van der Waals surface area contributed by atoms with E-state index in [-0.39, 0.29) is 11.2 Å². The van der Waals surface area contributed by atoms with Crippen molar-refractivity contribution in [1.29, 1.82) is 0 Å². The predicted octanol–water partition coefficient (Wildman–Crippen LogP) is 3.07. The van der Waals surface area contributed by atoms with Crippen LogP contribution in [-0.2, 0) is 14.9 Å². The van der Waals surface area contributed by atoms with Crippen LogP contribution in [0.3, 0.4) is 0 Å². The van der Waals surface area contributed by atoms with Crippen molar-refractivity contribution in [1.82, 2.24) is 4.98 Å². The lowest BCUT2D eigenvalue weighted by molar-refractivity contribution is -0.0501. The minimum Gasteiger partial charge on any atom is -0.381 e. The summed E-state index contributed by atoms with van der Waals surface area (Å²) in [6.45, 7) is 3.44. The fourth-order valence-corrected chi connectivity index (χ4v) is 2.90. The maximum absolute atomic E-state index is 13.8. The minimum atomic E-state index is -5.86. The van der Waals surface area contributed by atoms with Gasteiger partial charge in [-0.2, -0.15) is 26.6 Å². The second kappa shape index (κ2) is 7.32. The zero-order valence-electron chi connectivity index (χ0n) is 13.4. The van der Waals surface area contributed by atoms with E-state index in [2.05, 4.69) is 14.5 Å². The lowest BCUT2D eigenvalue weighted by atomic mass is 9.78. The topological polar surface area (TPSA) is 77.5 Å². The first kappa shape index (κ1) is 19.7. The number of nitrogens with zero attached hydrogens (tertiary/aromatic N) is 1. The Morgan fingerprint density at radius 2 is 1.96 bits per heavy atom. The molecule has 0 unspecified atom stereocenters. The van der Waals surface area contributed by atoms with Gasteiger partial charge in [0.15, 0.2) is 11.6 Å². The van der Waals surface area contributed by atoms with Gasteiger partial charge in [-0.3, -0.25) is 0 Å². The summed E-state index contributed by atoms with van der Waals surface area (Å²) in [5.74, 6) is -2.05. The first-order chi connectivity index (χ1) is 11.6. The van der Waals surface area contributed by atoms with Crippen LogP contribution < -0.4 is 9.50 Å². The highest BCUT2D eigenvalue weighted by Gasteiger charge is 2.49. The Morgan fingerprint density at radius 3 is 2.52 bits per heavy atom. The van der Waals surface area contributed by atoms with Crippen molar-refractivity contribution in [3.63, 3.8) is 0 Å². The van der Waals surface area contributed by atoms with Crippen molar-refractivity contribution in [3.8, 4) is 5.88 Å². The number of anilines is 1. The van der Waals surface area contributed by atoms with Gasteiger partial charge in [0, 0.05) is 25.8 Å². The van der Waals surface area contributed by atoms with Crippen LogP contribution in [0.15, 0.2) is 12.1 Å². The minimum absolute atomic E-state index is 0.152. The van der Waals surface area contributed by atoms with Crippen molar-refractivity contribution in [3.05, 3.63) is 17.9 Å². The average molecular weight is 386 g/mol. The summed E-state index contributed by atoms with van der Waals surface area (Å²) in [6.07, 6.45) is 2.29. The Kier molecular flexibility index (Phi) is 5.77. The number of hydrogen-bond acceptors (Lipinski definition) is 6. The van der Waals surface area contributed by atoms with E-state index in [0.717, 1.165) is 25.3 Å². The summed E-state index contributed by atoms with van der Waals surface area (Å²) in [7, 11) is -5.86. The van der Waals surface area contributed by atoms with Crippen LogP contribution in [0.25, 0.3) is 0 Å². The number of alkyl halides is 3. The molecular formula is C14H18F4N2O4S. The maximum Gasteiger partial charge on any atom is 0.534 e. The van der Waals surface area contributed by atoms with E-state index in [1.54, 1.807) is 0 Å². The molecule has 0 atom stereocenters. The quantitative estimate of drug-likeness (QED) is 0.460. The number of nitrogens with one attached hydrogen (secondary N) is 1. The normalized spacial score (nSPS) is 18.0. The molecule has 1 aromatic rings. The molecule has 1 fully saturated rings. The second-order valence-electron chi connectivity index (χ2n) is 5.78. The van der Waals surface area contributed by atoms with Gasteiger partial charge in [-0.05, 0) is 30.7 Å². The van der Waals surface area contributed by atoms with Crippen molar-refractivity contribution >= 4 is 15.9 Å². The Balaban J connectivity index is 2.14. The number of aromatic nitrogens is 1. The monoisotopic (exact) mass is 386 g/mol. The third kappa shape index (κ3) is 4.72. The van der Waals surface area contributed by atoms with Crippen LogP contribution in [0.1, 0.15) is 26.2 Å². The number of ether oxygens (including phenoxy) is 1. The molecule has 0 spiro atoms. The summed E-state index contributed by atoms with van der Waals surface area (Å²) < 4.78 is 82.1. The van der Waals surface area contributed by atoms with E-state index in [9.17, 15) is 26.0 Å². The molecule has 0 bridgehead atoms. The molecule has 1 aliphatic heterocycles. The molecule has 0 radical (unpaired) electrons. The lowest BCUT2D eigenvalue weighted by Gasteiger charge is -2.36. The van der Waals surface area contributed by atoms with Crippen molar-refractivity contribution in [2.24, 2.45) is 5.41 Å². The second-order valence-corrected chi connectivity index (χ2v) is 7.32. The number of rotatable bonds is 6. The van der Waals surface area contributed by atoms with Gasteiger partial charge in [0.1, 0.15) is 0 Å². The van der Waals surface area contributed by atoms with E-state index in [1.807, 2.05) is 6.92 Å². The van der Waals surface area contributed by atoms with Gasteiger partial charge in [-0.1, -0.05) is 6.92 Å². The smallest absolute Gasteiger partial charge is 0.381 e. The molecule has 1 N–H and O–H groups in total. The highest BCUT2D eigenvalue weighted by molar-refractivity contribution is 7.87. The Labute approximate surface area is 142 Å². The van der Waals surface area contributed by atoms with Crippen molar-refractivity contribution in [2.75, 3.05) is 25.1 Å². The molecular weight excluding hydrogens is 368 g/mol. The summed E-state index contributed by atoms with van der Waals surface area (Å²) in [6, 6.07) is 1.51.